The van der Waals surface area contributed by atoms with Gasteiger partial charge in [0.05, 0.1) is 12.7 Å². The second-order valence-electron chi connectivity index (χ2n) is 4.27. The summed E-state index contributed by atoms with van der Waals surface area (Å²) in [6, 6.07) is 11.1. The van der Waals surface area contributed by atoms with E-state index in [2.05, 4.69) is 37.2 Å². The highest BCUT2D eigenvalue weighted by atomic mass is 79.9. The molecule has 2 rings (SSSR count). The minimum Gasteiger partial charge on any atom is -0.496 e. The molecule has 0 heterocycles. The van der Waals surface area contributed by atoms with Crippen LogP contribution >= 0.6 is 31.9 Å². The van der Waals surface area contributed by atoms with Crippen LogP contribution in [0, 0.1) is 6.92 Å². The molecular formula is C15H13Br2NO2. The quantitative estimate of drug-likeness (QED) is 0.807. The monoisotopic (exact) mass is 397 g/mol. The predicted octanol–water partition coefficient (Wildman–Crippen LogP) is 4.78. The molecule has 0 fully saturated rings. The Morgan fingerprint density at radius 2 is 1.90 bits per heavy atom. The van der Waals surface area contributed by atoms with Gasteiger partial charge in [0.25, 0.3) is 5.91 Å². The van der Waals surface area contributed by atoms with E-state index in [9.17, 15) is 4.79 Å². The smallest absolute Gasteiger partial charge is 0.259 e. The van der Waals surface area contributed by atoms with Gasteiger partial charge in [-0.15, -0.1) is 0 Å². The maximum Gasteiger partial charge on any atom is 0.259 e. The molecule has 0 atom stereocenters. The number of nitrogens with one attached hydrogen (secondary N) is 1. The van der Waals surface area contributed by atoms with Crippen LogP contribution in [0.1, 0.15) is 15.9 Å². The van der Waals surface area contributed by atoms with E-state index in [0.717, 1.165) is 20.2 Å². The Kier molecular flexibility index (Phi) is 4.83. The second-order valence-corrected chi connectivity index (χ2v) is 6.10. The summed E-state index contributed by atoms with van der Waals surface area (Å²) in [6.07, 6.45) is 0. The highest BCUT2D eigenvalue weighted by Crippen LogP contribution is 2.28. The van der Waals surface area contributed by atoms with Gasteiger partial charge < -0.3 is 10.1 Å². The van der Waals surface area contributed by atoms with Crippen LogP contribution in [0.25, 0.3) is 0 Å². The number of carbonyl (C=O) groups excluding carboxylic acids is 1. The molecule has 0 radical (unpaired) electrons. The van der Waals surface area contributed by atoms with Crippen LogP contribution in [-0.4, -0.2) is 13.0 Å². The fourth-order valence-electron chi connectivity index (χ4n) is 1.93. The van der Waals surface area contributed by atoms with Gasteiger partial charge in [-0.25, -0.2) is 0 Å². The summed E-state index contributed by atoms with van der Waals surface area (Å²) in [5.74, 6) is 0.380. The average molecular weight is 399 g/mol. The van der Waals surface area contributed by atoms with Crippen LogP contribution in [0.5, 0.6) is 5.75 Å². The number of methoxy groups -OCH3 is 1. The van der Waals surface area contributed by atoms with Crippen LogP contribution in [0.4, 0.5) is 5.69 Å². The fourth-order valence-corrected chi connectivity index (χ4v) is 2.91. The van der Waals surface area contributed by atoms with E-state index in [1.54, 1.807) is 13.2 Å². The minimum absolute atomic E-state index is 0.204. The van der Waals surface area contributed by atoms with Crippen LogP contribution in [0.2, 0.25) is 0 Å². The van der Waals surface area contributed by atoms with Gasteiger partial charge in [0.1, 0.15) is 5.75 Å². The lowest BCUT2D eigenvalue weighted by molar-refractivity contribution is 0.102. The van der Waals surface area contributed by atoms with Gasteiger partial charge in [-0.05, 0) is 42.8 Å². The van der Waals surface area contributed by atoms with Crippen LogP contribution in [-0.2, 0) is 0 Å². The van der Waals surface area contributed by atoms with Crippen LogP contribution < -0.4 is 10.1 Å². The van der Waals surface area contributed by atoms with Gasteiger partial charge >= 0.3 is 0 Å². The molecule has 20 heavy (non-hydrogen) atoms. The Labute approximate surface area is 134 Å². The lowest BCUT2D eigenvalue weighted by Crippen LogP contribution is -2.13. The normalized spacial score (nSPS) is 10.2. The van der Waals surface area contributed by atoms with E-state index >= 15 is 0 Å². The van der Waals surface area contributed by atoms with Crippen molar-refractivity contribution < 1.29 is 9.53 Å². The number of amides is 1. The largest absolute Gasteiger partial charge is 0.496 e. The van der Waals surface area contributed by atoms with E-state index in [4.69, 9.17) is 4.74 Å². The molecule has 5 heteroatoms. The number of rotatable bonds is 3. The first-order valence-electron chi connectivity index (χ1n) is 5.92. The van der Waals surface area contributed by atoms with Gasteiger partial charge in [-0.3, -0.25) is 4.79 Å². The average Bonchev–Trinajstić information content (AvgIpc) is 2.37. The molecule has 104 valence electrons. The molecule has 0 aliphatic heterocycles. The van der Waals surface area contributed by atoms with Crippen molar-refractivity contribution in [2.45, 2.75) is 6.92 Å². The molecule has 1 N–H and O–H groups in total. The molecule has 0 bridgehead atoms. The summed E-state index contributed by atoms with van der Waals surface area (Å²) in [4.78, 5) is 12.4. The number of halogens is 2. The van der Waals surface area contributed by atoms with Crippen molar-refractivity contribution in [3.05, 3.63) is 56.5 Å². The molecule has 0 spiro atoms. The number of benzene rings is 2. The van der Waals surface area contributed by atoms with Crippen LogP contribution in [0.3, 0.4) is 0 Å². The topological polar surface area (TPSA) is 38.3 Å². The zero-order chi connectivity index (χ0) is 14.7. The highest BCUT2D eigenvalue weighted by molar-refractivity contribution is 9.10. The summed E-state index contributed by atoms with van der Waals surface area (Å²) in [5, 5.41) is 2.86. The maximum absolute atomic E-state index is 12.4. The van der Waals surface area contributed by atoms with E-state index < -0.39 is 0 Å². The maximum atomic E-state index is 12.4. The first-order valence-corrected chi connectivity index (χ1v) is 7.51. The van der Waals surface area contributed by atoms with E-state index in [1.807, 2.05) is 37.3 Å². The second kappa shape index (κ2) is 6.41. The van der Waals surface area contributed by atoms with Crippen molar-refractivity contribution in [2.75, 3.05) is 12.4 Å². The molecule has 0 aliphatic carbocycles. The van der Waals surface area contributed by atoms with Crippen molar-refractivity contribution in [1.29, 1.82) is 0 Å². The van der Waals surface area contributed by atoms with Gasteiger partial charge in [0, 0.05) is 14.6 Å². The molecule has 2 aromatic carbocycles. The lowest BCUT2D eigenvalue weighted by Gasteiger charge is -2.12. The molecule has 0 saturated carbocycles. The Hall–Kier alpha value is -1.33. The summed E-state index contributed by atoms with van der Waals surface area (Å²) < 4.78 is 7.08. The third-order valence-electron chi connectivity index (χ3n) is 2.77. The number of hydrogen-bond donors (Lipinski definition) is 1. The van der Waals surface area contributed by atoms with Crippen molar-refractivity contribution in [1.82, 2.24) is 0 Å². The lowest BCUT2D eigenvalue weighted by atomic mass is 10.1. The molecule has 2 aromatic rings. The van der Waals surface area contributed by atoms with Crippen molar-refractivity contribution in [3.63, 3.8) is 0 Å². The Morgan fingerprint density at radius 3 is 2.55 bits per heavy atom. The molecule has 3 nitrogen and oxygen atoms in total. The molecule has 0 aromatic heterocycles. The Bertz CT molecular complexity index is 656. The van der Waals surface area contributed by atoms with E-state index in [0.29, 0.717) is 11.3 Å². The standard InChI is InChI=1S/C15H13Br2NO2/c1-9-6-11(17)8-13(14(9)20-2)15(19)18-12-5-3-4-10(16)7-12/h3-8H,1-2H3,(H,18,19). The number of aryl methyl sites for hydroxylation is 1. The summed E-state index contributed by atoms with van der Waals surface area (Å²) >= 11 is 6.77. The zero-order valence-corrected chi connectivity index (χ0v) is 14.2. The number of anilines is 1. The first kappa shape index (κ1) is 15.1. The SMILES string of the molecule is COc1c(C)cc(Br)cc1C(=O)Nc1cccc(Br)c1. The third-order valence-corrected chi connectivity index (χ3v) is 3.72. The number of ether oxygens (including phenoxy) is 1. The Balaban J connectivity index is 2.34. The van der Waals surface area contributed by atoms with Gasteiger partial charge in [0.2, 0.25) is 0 Å². The van der Waals surface area contributed by atoms with Crippen molar-refractivity contribution in [3.8, 4) is 5.75 Å². The molecular weight excluding hydrogens is 386 g/mol. The first-order chi connectivity index (χ1) is 9.51. The van der Waals surface area contributed by atoms with E-state index in [-0.39, 0.29) is 5.91 Å². The predicted molar refractivity (Wildman–Crippen MR) is 87.5 cm³/mol. The minimum atomic E-state index is -0.204. The van der Waals surface area contributed by atoms with Gasteiger partial charge in [-0.1, -0.05) is 37.9 Å². The van der Waals surface area contributed by atoms with Gasteiger partial charge in [-0.2, -0.15) is 0 Å². The summed E-state index contributed by atoms with van der Waals surface area (Å²) in [5.41, 5.74) is 2.13. The number of hydrogen-bond acceptors (Lipinski definition) is 2. The molecule has 1 amide bonds. The summed E-state index contributed by atoms with van der Waals surface area (Å²) in [7, 11) is 1.56. The number of carbonyl (C=O) groups is 1. The van der Waals surface area contributed by atoms with Gasteiger partial charge in [0.15, 0.2) is 0 Å². The molecule has 0 aliphatic rings. The highest BCUT2D eigenvalue weighted by Gasteiger charge is 2.15. The van der Waals surface area contributed by atoms with E-state index in [1.165, 1.54) is 0 Å². The Morgan fingerprint density at radius 1 is 1.15 bits per heavy atom. The summed E-state index contributed by atoms with van der Waals surface area (Å²) in [6.45, 7) is 1.90. The molecule has 0 saturated heterocycles. The van der Waals surface area contributed by atoms with Crippen molar-refractivity contribution >= 4 is 43.5 Å². The molecule has 0 unspecified atom stereocenters. The van der Waals surface area contributed by atoms with Crippen LogP contribution in [0.15, 0.2) is 45.3 Å². The zero-order valence-electron chi connectivity index (χ0n) is 11.0. The third kappa shape index (κ3) is 3.41. The fraction of sp³-hybridized carbons (Fsp3) is 0.133. The van der Waals surface area contributed by atoms with Crippen molar-refractivity contribution in [2.24, 2.45) is 0 Å².